The Hall–Kier alpha value is -5.92. The van der Waals surface area contributed by atoms with Crippen LogP contribution in [0.3, 0.4) is 0 Å². The van der Waals surface area contributed by atoms with E-state index in [1.807, 2.05) is 6.07 Å². The van der Waals surface area contributed by atoms with Crippen LogP contribution >= 0.6 is 0 Å². The third-order valence-electron chi connectivity index (χ3n) is 12.5. The number of nitrogens with one attached hydrogen (secondary N) is 3. The minimum atomic E-state index is -2.89. The van der Waals surface area contributed by atoms with Crippen molar-refractivity contribution in [2.45, 2.75) is 63.8 Å². The Morgan fingerprint density at radius 2 is 1.81 bits per heavy atom. The van der Waals surface area contributed by atoms with Gasteiger partial charge in [-0.05, 0) is 76.1 Å². The number of alkyl halides is 2. The Morgan fingerprint density at radius 3 is 2.59 bits per heavy atom. The summed E-state index contributed by atoms with van der Waals surface area (Å²) in [5.74, 6) is -2.97. The van der Waals surface area contributed by atoms with Gasteiger partial charge in [0.15, 0.2) is 23.0 Å². The molecule has 2 saturated heterocycles. The number of Topliss-reactive ketones (excluding diaryl/α,β-unsaturated/α-hetero) is 2. The van der Waals surface area contributed by atoms with Gasteiger partial charge in [0.05, 0.1) is 42.3 Å². The first kappa shape index (κ1) is 44.7. The molecule has 2 unspecified atom stereocenters. The van der Waals surface area contributed by atoms with Crippen LogP contribution in [0.5, 0.6) is 0 Å². The largest absolute Gasteiger partial charge is 0.444 e. The Morgan fingerprint density at radius 1 is 1.02 bits per heavy atom. The molecule has 64 heavy (non-hydrogen) atoms. The maximum absolute atomic E-state index is 14.2. The van der Waals surface area contributed by atoms with Gasteiger partial charge in [0.1, 0.15) is 12.1 Å². The number of halogens is 2. The summed E-state index contributed by atoms with van der Waals surface area (Å²) in [6.45, 7) is 5.99. The molecule has 1 saturated carbocycles. The van der Waals surface area contributed by atoms with E-state index < -0.39 is 41.7 Å². The molecule has 19 heteroatoms. The Bertz CT molecular complexity index is 2340. The van der Waals surface area contributed by atoms with Crippen molar-refractivity contribution in [3.8, 4) is 11.5 Å². The van der Waals surface area contributed by atoms with Gasteiger partial charge in [-0.1, -0.05) is 12.1 Å². The number of rotatable bonds is 18. The van der Waals surface area contributed by atoms with Crippen molar-refractivity contribution in [3.63, 3.8) is 0 Å². The molecule has 340 valence electrons. The summed E-state index contributed by atoms with van der Waals surface area (Å²) in [7, 11) is 2.08. The lowest BCUT2D eigenvalue weighted by Crippen LogP contribution is -2.46. The minimum absolute atomic E-state index is 0.0482. The predicted octanol–water partition coefficient (Wildman–Crippen LogP) is 5.58. The standard InChI is InChI=1S/C45H53F2N9O8/c1-54(16-4-20-62-19-3-14-48-32-6-2-5-30-37(32)41(59)38(40(30)58)31-11-12-36(57)52-43(31)60)24-27-7-9-29(10-8-27)56-25-33(39(53-56)42(46)47)50-44(61)34-26-64-45(51-34)28-13-15-49-35(23-28)55-17-21-63-22-18-55/h2,5-6,13,15,23,25-27,29,31,38,42,48H,3-4,7-12,14,16-22,24H2,1H3,(H,50,61)(H,52,57,60)/t27-,29-,31?,38?. The van der Waals surface area contributed by atoms with Crippen molar-refractivity contribution < 1.29 is 46.6 Å². The molecule has 3 amide bonds. The van der Waals surface area contributed by atoms with Crippen molar-refractivity contribution in [1.29, 1.82) is 0 Å². The molecule has 8 rings (SSSR count). The molecule has 2 aliphatic heterocycles. The summed E-state index contributed by atoms with van der Waals surface area (Å²) < 4.78 is 46.8. The highest BCUT2D eigenvalue weighted by atomic mass is 19.3. The number of carbonyl (C=O) groups is 5. The fourth-order valence-corrected chi connectivity index (χ4v) is 9.13. The number of anilines is 3. The number of hydrogen-bond donors (Lipinski definition) is 3. The second-order valence-electron chi connectivity index (χ2n) is 16.9. The molecular weight excluding hydrogens is 833 g/mol. The molecule has 5 heterocycles. The number of amides is 3. The van der Waals surface area contributed by atoms with Gasteiger partial charge in [-0.2, -0.15) is 5.10 Å². The molecule has 4 aromatic rings. The van der Waals surface area contributed by atoms with E-state index in [0.717, 1.165) is 51.0 Å². The van der Waals surface area contributed by atoms with Crippen LogP contribution in [0, 0.1) is 17.8 Å². The lowest BCUT2D eigenvalue weighted by atomic mass is 9.82. The van der Waals surface area contributed by atoms with Crippen LogP contribution < -0.4 is 20.9 Å². The second-order valence-corrected chi connectivity index (χ2v) is 16.9. The number of ether oxygens (including phenoxy) is 2. The van der Waals surface area contributed by atoms with E-state index in [9.17, 15) is 32.8 Å². The van der Waals surface area contributed by atoms with Crippen molar-refractivity contribution in [2.75, 3.05) is 81.7 Å². The first-order valence-electron chi connectivity index (χ1n) is 22.0. The van der Waals surface area contributed by atoms with Crippen molar-refractivity contribution in [1.82, 2.24) is 30.0 Å². The first-order valence-corrected chi connectivity index (χ1v) is 22.0. The van der Waals surface area contributed by atoms with Gasteiger partial charge in [-0.25, -0.2) is 18.7 Å². The van der Waals surface area contributed by atoms with Crippen LogP contribution in [0.4, 0.5) is 26.0 Å². The monoisotopic (exact) mass is 885 g/mol. The lowest BCUT2D eigenvalue weighted by molar-refractivity contribution is -0.137. The van der Waals surface area contributed by atoms with Crippen LogP contribution in [0.2, 0.25) is 0 Å². The van der Waals surface area contributed by atoms with E-state index in [0.29, 0.717) is 80.8 Å². The average Bonchev–Trinajstić information content (AvgIpc) is 4.03. The molecule has 3 fully saturated rings. The smallest absolute Gasteiger partial charge is 0.284 e. The van der Waals surface area contributed by atoms with E-state index in [1.54, 1.807) is 35.1 Å². The second kappa shape index (κ2) is 20.3. The average molecular weight is 886 g/mol. The van der Waals surface area contributed by atoms with Gasteiger partial charge < -0.3 is 34.3 Å². The number of pyridine rings is 1. The van der Waals surface area contributed by atoms with Gasteiger partial charge in [-0.15, -0.1) is 0 Å². The maximum Gasteiger partial charge on any atom is 0.284 e. The molecule has 0 radical (unpaired) electrons. The summed E-state index contributed by atoms with van der Waals surface area (Å²) in [6.07, 6.45) is 6.61. The van der Waals surface area contributed by atoms with Crippen LogP contribution in [0.1, 0.15) is 101 Å². The topological polar surface area (TPSA) is 203 Å². The van der Waals surface area contributed by atoms with Crippen molar-refractivity contribution in [2.24, 2.45) is 17.8 Å². The van der Waals surface area contributed by atoms with Gasteiger partial charge in [0.25, 0.3) is 12.3 Å². The fourth-order valence-electron chi connectivity index (χ4n) is 9.13. The Kier molecular flexibility index (Phi) is 14.2. The highest BCUT2D eigenvalue weighted by Crippen LogP contribution is 2.39. The number of morpholine rings is 1. The van der Waals surface area contributed by atoms with Crippen LogP contribution in [0.25, 0.3) is 11.5 Å². The molecule has 2 aliphatic carbocycles. The number of hydrogen-bond acceptors (Lipinski definition) is 14. The van der Waals surface area contributed by atoms with Crippen molar-refractivity contribution >= 4 is 46.5 Å². The highest BCUT2D eigenvalue weighted by molar-refractivity contribution is 6.30. The lowest BCUT2D eigenvalue weighted by Gasteiger charge is -2.31. The highest BCUT2D eigenvalue weighted by Gasteiger charge is 2.48. The molecule has 0 bridgehead atoms. The third kappa shape index (κ3) is 10.2. The SMILES string of the molecule is CN(CCCOCCCNc1cccc2c1C(=O)C(C1CCC(=O)NC1=O)C2=O)C[C@H]1CC[C@H](n2cc(NC(=O)c3coc(-c4ccnc(N5CCOCC5)c4)n3)c(C(F)F)n2)CC1. The fraction of sp³-hybridized carbons (Fsp3) is 0.511. The quantitative estimate of drug-likeness (QED) is 0.0635. The van der Waals surface area contributed by atoms with Crippen LogP contribution in [-0.2, 0) is 19.1 Å². The molecule has 2 atom stereocenters. The van der Waals surface area contributed by atoms with Crippen LogP contribution in [0.15, 0.2) is 53.4 Å². The molecule has 0 spiro atoms. The molecule has 3 N–H and O–H groups in total. The first-order chi connectivity index (χ1) is 31.0. The number of fused-ring (bicyclic) bond motifs is 1. The minimum Gasteiger partial charge on any atom is -0.444 e. The molecule has 3 aromatic heterocycles. The number of benzene rings is 1. The summed E-state index contributed by atoms with van der Waals surface area (Å²) in [5, 5.41) is 12.3. The number of aromatic nitrogens is 4. The maximum atomic E-state index is 14.2. The number of carbonyl (C=O) groups excluding carboxylic acids is 5. The number of ketones is 2. The summed E-state index contributed by atoms with van der Waals surface area (Å²) in [5.41, 5.74) is 1.19. The van der Waals surface area contributed by atoms with Gasteiger partial charge in [0, 0.05) is 81.6 Å². The normalized spacial score (nSPS) is 21.4. The predicted molar refractivity (Wildman–Crippen MR) is 229 cm³/mol. The van der Waals surface area contributed by atoms with E-state index in [4.69, 9.17) is 13.9 Å². The third-order valence-corrected chi connectivity index (χ3v) is 12.5. The van der Waals surface area contributed by atoms with Crippen LogP contribution in [-0.4, -0.2) is 120 Å². The Balaban J connectivity index is 0.731. The van der Waals surface area contributed by atoms with E-state index >= 15 is 0 Å². The summed E-state index contributed by atoms with van der Waals surface area (Å²) in [4.78, 5) is 76.9. The van der Waals surface area contributed by atoms with E-state index in [-0.39, 0.29) is 47.7 Å². The molecule has 4 aliphatic rings. The van der Waals surface area contributed by atoms with Gasteiger partial charge in [0.2, 0.25) is 17.7 Å². The number of nitrogens with zero attached hydrogens (tertiary/aromatic N) is 6. The molecule has 1 aromatic carbocycles. The zero-order chi connectivity index (χ0) is 44.7. The molecule has 17 nitrogen and oxygen atoms in total. The molecular formula is C45H53F2N9O8. The summed E-state index contributed by atoms with van der Waals surface area (Å²) >= 11 is 0. The van der Waals surface area contributed by atoms with Gasteiger partial charge in [-0.3, -0.25) is 34.0 Å². The van der Waals surface area contributed by atoms with E-state index in [1.165, 1.54) is 12.5 Å². The number of imide groups is 1. The zero-order valence-corrected chi connectivity index (χ0v) is 35.7. The summed E-state index contributed by atoms with van der Waals surface area (Å²) in [6, 6.07) is 8.55. The number of oxazole rings is 1. The van der Waals surface area contributed by atoms with E-state index in [2.05, 4.69) is 47.9 Å². The van der Waals surface area contributed by atoms with Gasteiger partial charge >= 0.3 is 0 Å². The zero-order valence-electron chi connectivity index (χ0n) is 35.7. The Labute approximate surface area is 368 Å². The van der Waals surface area contributed by atoms with Crippen molar-refractivity contribution in [3.05, 3.63) is 71.5 Å². The number of piperidine rings is 1.